The van der Waals surface area contributed by atoms with Crippen molar-refractivity contribution in [3.63, 3.8) is 0 Å². The minimum Gasteiger partial charge on any atom is -0.391 e. The van der Waals surface area contributed by atoms with Crippen LogP contribution >= 0.6 is 0 Å². The van der Waals surface area contributed by atoms with E-state index in [0.717, 1.165) is 18.7 Å². The first-order valence-corrected chi connectivity index (χ1v) is 5.06. The second-order valence-corrected chi connectivity index (χ2v) is 3.75. The normalized spacial score (nSPS) is 18.6. The summed E-state index contributed by atoms with van der Waals surface area (Å²) in [7, 11) is 0. The highest BCUT2D eigenvalue weighted by molar-refractivity contribution is 5.31. The van der Waals surface area contributed by atoms with Crippen molar-refractivity contribution in [3.05, 3.63) is 18.3 Å². The molecule has 0 aromatic carbocycles. The maximum absolute atomic E-state index is 9.72. The Kier molecular flexibility index (Phi) is 2.93. The largest absolute Gasteiger partial charge is 0.391 e. The lowest BCUT2D eigenvalue weighted by molar-refractivity contribution is 0.0729. The molecule has 1 saturated carbocycles. The van der Waals surface area contributed by atoms with Crippen LogP contribution in [-0.2, 0) is 0 Å². The molecule has 1 aromatic rings. The quantitative estimate of drug-likeness (QED) is 0.750. The van der Waals surface area contributed by atoms with Crippen molar-refractivity contribution in [2.45, 2.75) is 25.4 Å². The van der Waals surface area contributed by atoms with E-state index in [1.807, 2.05) is 12.1 Å². The zero-order chi connectivity index (χ0) is 9.80. The molecule has 14 heavy (non-hydrogen) atoms. The number of anilines is 1. The van der Waals surface area contributed by atoms with Gasteiger partial charge in [0.25, 0.3) is 0 Å². The minimum absolute atomic E-state index is 0.245. The number of nitrogens with one attached hydrogen (secondary N) is 1. The van der Waals surface area contributed by atoms with Crippen LogP contribution in [0.3, 0.4) is 0 Å². The van der Waals surface area contributed by atoms with Crippen LogP contribution < -0.4 is 5.32 Å². The molecule has 0 radical (unpaired) electrons. The second kappa shape index (κ2) is 4.37. The molecule has 2 rings (SSSR count). The van der Waals surface area contributed by atoms with Gasteiger partial charge in [0.05, 0.1) is 6.10 Å². The Labute approximate surface area is 83.4 Å². The molecule has 0 spiro atoms. The number of aliphatic hydroxyl groups is 1. The second-order valence-electron chi connectivity index (χ2n) is 3.75. The SMILES string of the molecule is OC(CNc1cccnn1)C1CCC1. The summed E-state index contributed by atoms with van der Waals surface area (Å²) >= 11 is 0. The van der Waals surface area contributed by atoms with Crippen molar-refractivity contribution < 1.29 is 5.11 Å². The molecule has 1 aromatic heterocycles. The summed E-state index contributed by atoms with van der Waals surface area (Å²) < 4.78 is 0. The molecule has 0 bridgehead atoms. The lowest BCUT2D eigenvalue weighted by atomic mass is 9.81. The highest BCUT2D eigenvalue weighted by Crippen LogP contribution is 2.29. The standard InChI is InChI=1S/C10H15N3O/c14-9(8-3-1-4-8)7-11-10-5-2-6-12-13-10/h2,5-6,8-9,14H,1,3-4,7H2,(H,11,13). The molecule has 0 aliphatic heterocycles. The van der Waals surface area contributed by atoms with Crippen molar-refractivity contribution in [2.75, 3.05) is 11.9 Å². The van der Waals surface area contributed by atoms with Gasteiger partial charge in [0.15, 0.2) is 0 Å². The zero-order valence-electron chi connectivity index (χ0n) is 8.06. The van der Waals surface area contributed by atoms with Gasteiger partial charge >= 0.3 is 0 Å². The molecule has 0 amide bonds. The molecular formula is C10H15N3O. The molecule has 1 unspecified atom stereocenters. The molecular weight excluding hydrogens is 178 g/mol. The van der Waals surface area contributed by atoms with Gasteiger partial charge in [-0.15, -0.1) is 5.10 Å². The first-order chi connectivity index (χ1) is 6.86. The van der Waals surface area contributed by atoms with Crippen LogP contribution in [0.1, 0.15) is 19.3 Å². The Balaban J connectivity index is 1.76. The molecule has 1 fully saturated rings. The fourth-order valence-corrected chi connectivity index (χ4v) is 1.60. The average Bonchev–Trinajstić information content (AvgIpc) is 2.14. The van der Waals surface area contributed by atoms with Gasteiger partial charge in [-0.3, -0.25) is 0 Å². The maximum atomic E-state index is 9.72. The molecule has 1 atom stereocenters. The van der Waals surface area contributed by atoms with E-state index in [4.69, 9.17) is 0 Å². The van der Waals surface area contributed by atoms with E-state index in [1.54, 1.807) is 6.20 Å². The third-order valence-electron chi connectivity index (χ3n) is 2.76. The number of hydrogen-bond acceptors (Lipinski definition) is 4. The third kappa shape index (κ3) is 2.20. The number of aliphatic hydroxyl groups excluding tert-OH is 1. The van der Waals surface area contributed by atoms with Crippen LogP contribution in [0.4, 0.5) is 5.82 Å². The fourth-order valence-electron chi connectivity index (χ4n) is 1.60. The van der Waals surface area contributed by atoms with Gasteiger partial charge in [-0.05, 0) is 30.9 Å². The van der Waals surface area contributed by atoms with Crippen LogP contribution in [0.2, 0.25) is 0 Å². The van der Waals surface area contributed by atoms with Crippen molar-refractivity contribution in [1.82, 2.24) is 10.2 Å². The summed E-state index contributed by atoms with van der Waals surface area (Å²) in [6.45, 7) is 0.573. The van der Waals surface area contributed by atoms with Gasteiger partial charge in [-0.1, -0.05) is 6.42 Å². The predicted molar refractivity (Wildman–Crippen MR) is 53.9 cm³/mol. The topological polar surface area (TPSA) is 58.0 Å². The van der Waals surface area contributed by atoms with Gasteiger partial charge in [-0.2, -0.15) is 5.10 Å². The van der Waals surface area contributed by atoms with E-state index in [0.29, 0.717) is 12.5 Å². The third-order valence-corrected chi connectivity index (χ3v) is 2.76. The molecule has 1 aliphatic carbocycles. The fraction of sp³-hybridized carbons (Fsp3) is 0.600. The van der Waals surface area contributed by atoms with Gasteiger partial charge in [0.2, 0.25) is 0 Å². The lowest BCUT2D eigenvalue weighted by Gasteiger charge is -2.30. The molecule has 76 valence electrons. The number of nitrogens with zero attached hydrogens (tertiary/aromatic N) is 2. The first kappa shape index (κ1) is 9.40. The number of aromatic nitrogens is 2. The van der Waals surface area contributed by atoms with E-state index in [1.165, 1.54) is 6.42 Å². The summed E-state index contributed by atoms with van der Waals surface area (Å²) in [4.78, 5) is 0. The van der Waals surface area contributed by atoms with Crippen LogP contribution in [0, 0.1) is 5.92 Å². The molecule has 1 aliphatic rings. The van der Waals surface area contributed by atoms with Crippen molar-refractivity contribution in [3.8, 4) is 0 Å². The summed E-state index contributed by atoms with van der Waals surface area (Å²) in [6, 6.07) is 3.67. The monoisotopic (exact) mass is 193 g/mol. The van der Waals surface area contributed by atoms with E-state index in [2.05, 4.69) is 15.5 Å². The average molecular weight is 193 g/mol. The smallest absolute Gasteiger partial charge is 0.148 e. The van der Waals surface area contributed by atoms with E-state index in [9.17, 15) is 5.11 Å². The number of rotatable bonds is 4. The molecule has 4 nitrogen and oxygen atoms in total. The highest BCUT2D eigenvalue weighted by Gasteiger charge is 2.25. The van der Waals surface area contributed by atoms with Crippen molar-refractivity contribution in [1.29, 1.82) is 0 Å². The Morgan fingerprint density at radius 1 is 1.57 bits per heavy atom. The van der Waals surface area contributed by atoms with Crippen LogP contribution in [-0.4, -0.2) is 28.0 Å². The van der Waals surface area contributed by atoms with Gasteiger partial charge in [-0.25, -0.2) is 0 Å². The highest BCUT2D eigenvalue weighted by atomic mass is 16.3. The zero-order valence-corrected chi connectivity index (χ0v) is 8.06. The first-order valence-electron chi connectivity index (χ1n) is 5.06. The van der Waals surface area contributed by atoms with Crippen LogP contribution in [0.5, 0.6) is 0 Å². The van der Waals surface area contributed by atoms with E-state index in [-0.39, 0.29) is 6.10 Å². The Hall–Kier alpha value is -1.16. The van der Waals surface area contributed by atoms with Crippen molar-refractivity contribution >= 4 is 5.82 Å². The molecule has 0 saturated heterocycles. The Morgan fingerprint density at radius 3 is 3.00 bits per heavy atom. The van der Waals surface area contributed by atoms with Crippen LogP contribution in [0.15, 0.2) is 18.3 Å². The molecule has 2 N–H and O–H groups in total. The summed E-state index contributed by atoms with van der Waals surface area (Å²) in [5.41, 5.74) is 0. The predicted octanol–water partition coefficient (Wildman–Crippen LogP) is 1.05. The van der Waals surface area contributed by atoms with Gasteiger partial charge in [0.1, 0.15) is 5.82 Å². The van der Waals surface area contributed by atoms with Gasteiger partial charge < -0.3 is 10.4 Å². The minimum atomic E-state index is -0.245. The number of hydrogen-bond donors (Lipinski definition) is 2. The summed E-state index contributed by atoms with van der Waals surface area (Å²) in [5.74, 6) is 1.21. The Bertz CT molecular complexity index is 274. The van der Waals surface area contributed by atoms with Crippen LogP contribution in [0.25, 0.3) is 0 Å². The summed E-state index contributed by atoms with van der Waals surface area (Å²) in [6.07, 6.45) is 4.96. The summed E-state index contributed by atoms with van der Waals surface area (Å²) in [5, 5.41) is 20.4. The molecule has 1 heterocycles. The van der Waals surface area contributed by atoms with Gasteiger partial charge in [0, 0.05) is 12.7 Å². The van der Waals surface area contributed by atoms with E-state index >= 15 is 0 Å². The maximum Gasteiger partial charge on any atom is 0.148 e. The van der Waals surface area contributed by atoms with Crippen molar-refractivity contribution in [2.24, 2.45) is 5.92 Å². The van der Waals surface area contributed by atoms with E-state index < -0.39 is 0 Å². The Morgan fingerprint density at radius 2 is 2.43 bits per heavy atom. The molecule has 4 heteroatoms. The lowest BCUT2D eigenvalue weighted by Crippen LogP contribution is -2.32.